The van der Waals surface area contributed by atoms with Crippen molar-refractivity contribution >= 4 is 26.8 Å². The van der Waals surface area contributed by atoms with Gasteiger partial charge in [-0.1, -0.05) is 18.2 Å². The minimum absolute atomic E-state index is 0.436. The van der Waals surface area contributed by atoms with Gasteiger partial charge in [0.25, 0.3) is 0 Å². The zero-order valence-electron chi connectivity index (χ0n) is 11.4. The number of nitrogens with zero attached hydrogens (tertiary/aromatic N) is 3. The van der Waals surface area contributed by atoms with E-state index in [0.717, 1.165) is 26.7 Å². The Morgan fingerprint density at radius 2 is 2.00 bits per heavy atom. The van der Waals surface area contributed by atoms with Gasteiger partial charge in [-0.15, -0.1) is 0 Å². The van der Waals surface area contributed by atoms with Crippen LogP contribution in [-0.4, -0.2) is 16.9 Å². The van der Waals surface area contributed by atoms with E-state index in [2.05, 4.69) is 27.1 Å². The van der Waals surface area contributed by atoms with Crippen molar-refractivity contribution in [2.45, 2.75) is 6.54 Å². The maximum atomic E-state index is 9.24. The van der Waals surface area contributed by atoms with Gasteiger partial charge in [-0.25, -0.2) is 0 Å². The minimum Gasteiger partial charge on any atom is -0.497 e. The SMILES string of the molecule is COc1ccc(Cn2nc(C#N)c3c(Br)cccc32)cc1. The fourth-order valence-electron chi connectivity index (χ4n) is 2.29. The van der Waals surface area contributed by atoms with Crippen LogP contribution in [-0.2, 0) is 6.54 Å². The first-order chi connectivity index (χ1) is 10.2. The van der Waals surface area contributed by atoms with E-state index in [0.29, 0.717) is 12.2 Å². The van der Waals surface area contributed by atoms with Gasteiger partial charge in [0.15, 0.2) is 5.69 Å². The minimum atomic E-state index is 0.436. The molecule has 0 saturated heterocycles. The molecule has 0 unspecified atom stereocenters. The highest BCUT2D eigenvalue weighted by Gasteiger charge is 2.12. The van der Waals surface area contributed by atoms with Crippen molar-refractivity contribution in [2.24, 2.45) is 0 Å². The Balaban J connectivity index is 2.04. The van der Waals surface area contributed by atoms with Crippen LogP contribution in [0.3, 0.4) is 0 Å². The van der Waals surface area contributed by atoms with Crippen LogP contribution in [0.5, 0.6) is 5.75 Å². The van der Waals surface area contributed by atoms with E-state index in [9.17, 15) is 5.26 Å². The molecule has 2 aromatic carbocycles. The first kappa shape index (κ1) is 13.7. The van der Waals surface area contributed by atoms with E-state index in [1.165, 1.54) is 0 Å². The number of benzene rings is 2. The second-order valence-corrected chi connectivity index (χ2v) is 5.45. The molecule has 0 aliphatic heterocycles. The van der Waals surface area contributed by atoms with E-state index >= 15 is 0 Å². The molecule has 0 aliphatic rings. The molecule has 0 bridgehead atoms. The summed E-state index contributed by atoms with van der Waals surface area (Å²) in [6.07, 6.45) is 0. The van der Waals surface area contributed by atoms with Crippen molar-refractivity contribution in [2.75, 3.05) is 7.11 Å². The number of halogens is 1. The van der Waals surface area contributed by atoms with Gasteiger partial charge in [-0.2, -0.15) is 10.4 Å². The number of fused-ring (bicyclic) bond motifs is 1. The molecular formula is C16H12BrN3O. The van der Waals surface area contributed by atoms with Crippen LogP contribution in [0.4, 0.5) is 0 Å². The summed E-state index contributed by atoms with van der Waals surface area (Å²) >= 11 is 3.49. The zero-order valence-corrected chi connectivity index (χ0v) is 13.0. The Morgan fingerprint density at radius 3 is 2.67 bits per heavy atom. The lowest BCUT2D eigenvalue weighted by atomic mass is 10.2. The Kier molecular flexibility index (Phi) is 3.63. The molecule has 0 atom stereocenters. The van der Waals surface area contributed by atoms with Gasteiger partial charge in [0.05, 0.1) is 24.6 Å². The summed E-state index contributed by atoms with van der Waals surface area (Å²) in [5.41, 5.74) is 2.48. The summed E-state index contributed by atoms with van der Waals surface area (Å²) in [6.45, 7) is 0.610. The Labute approximate surface area is 130 Å². The molecule has 3 aromatic rings. The number of rotatable bonds is 3. The average Bonchev–Trinajstić information content (AvgIpc) is 2.87. The lowest BCUT2D eigenvalue weighted by molar-refractivity contribution is 0.414. The summed E-state index contributed by atoms with van der Waals surface area (Å²) < 4.78 is 7.89. The molecular weight excluding hydrogens is 330 g/mol. The summed E-state index contributed by atoms with van der Waals surface area (Å²) in [5, 5.41) is 14.5. The third-order valence-electron chi connectivity index (χ3n) is 3.32. The van der Waals surface area contributed by atoms with Gasteiger partial charge in [0, 0.05) is 4.47 Å². The summed E-state index contributed by atoms with van der Waals surface area (Å²) in [6, 6.07) is 15.8. The van der Waals surface area contributed by atoms with Gasteiger partial charge in [0.1, 0.15) is 11.8 Å². The van der Waals surface area contributed by atoms with E-state index in [1.807, 2.05) is 47.1 Å². The number of hydrogen-bond donors (Lipinski definition) is 0. The first-order valence-corrected chi connectivity index (χ1v) is 7.20. The van der Waals surface area contributed by atoms with Crippen molar-refractivity contribution in [3.8, 4) is 11.8 Å². The summed E-state index contributed by atoms with van der Waals surface area (Å²) in [5.74, 6) is 0.824. The molecule has 21 heavy (non-hydrogen) atoms. The highest BCUT2D eigenvalue weighted by molar-refractivity contribution is 9.10. The zero-order chi connectivity index (χ0) is 14.8. The average molecular weight is 342 g/mol. The topological polar surface area (TPSA) is 50.8 Å². The quantitative estimate of drug-likeness (QED) is 0.729. The fraction of sp³-hybridized carbons (Fsp3) is 0.125. The van der Waals surface area contributed by atoms with Gasteiger partial charge >= 0.3 is 0 Å². The summed E-state index contributed by atoms with van der Waals surface area (Å²) in [4.78, 5) is 0. The second-order valence-electron chi connectivity index (χ2n) is 4.60. The normalized spacial score (nSPS) is 10.5. The van der Waals surface area contributed by atoms with Crippen LogP contribution in [0.1, 0.15) is 11.3 Å². The molecule has 5 heteroatoms. The molecule has 0 N–H and O–H groups in total. The van der Waals surface area contributed by atoms with E-state index in [-0.39, 0.29) is 0 Å². The third kappa shape index (κ3) is 2.50. The predicted octanol–water partition coefficient (Wildman–Crippen LogP) is 3.73. The van der Waals surface area contributed by atoms with Gasteiger partial charge in [0.2, 0.25) is 0 Å². The third-order valence-corrected chi connectivity index (χ3v) is 3.99. The molecule has 1 heterocycles. The molecule has 0 fully saturated rings. The molecule has 0 aliphatic carbocycles. The fourth-order valence-corrected chi connectivity index (χ4v) is 2.83. The maximum absolute atomic E-state index is 9.24. The van der Waals surface area contributed by atoms with Crippen LogP contribution in [0, 0.1) is 11.3 Å². The number of ether oxygens (including phenoxy) is 1. The van der Waals surface area contributed by atoms with Gasteiger partial charge in [-0.05, 0) is 45.8 Å². The van der Waals surface area contributed by atoms with E-state index in [1.54, 1.807) is 7.11 Å². The van der Waals surface area contributed by atoms with Crippen LogP contribution in [0.15, 0.2) is 46.9 Å². The lowest BCUT2D eigenvalue weighted by Gasteiger charge is -2.05. The standard InChI is InChI=1S/C16H12BrN3O/c1-21-12-7-5-11(6-8-12)10-20-15-4-2-3-13(17)16(15)14(9-18)19-20/h2-8H,10H2,1H3. The molecule has 0 spiro atoms. The van der Waals surface area contributed by atoms with Crippen molar-refractivity contribution in [1.82, 2.24) is 9.78 Å². The Hall–Kier alpha value is -2.32. The van der Waals surface area contributed by atoms with Crippen molar-refractivity contribution in [1.29, 1.82) is 5.26 Å². The van der Waals surface area contributed by atoms with E-state index in [4.69, 9.17) is 4.74 Å². The van der Waals surface area contributed by atoms with E-state index < -0.39 is 0 Å². The van der Waals surface area contributed by atoms with Crippen LogP contribution in [0.2, 0.25) is 0 Å². The monoisotopic (exact) mass is 341 g/mol. The highest BCUT2D eigenvalue weighted by atomic mass is 79.9. The largest absolute Gasteiger partial charge is 0.497 e. The van der Waals surface area contributed by atoms with Crippen LogP contribution < -0.4 is 4.74 Å². The highest BCUT2D eigenvalue weighted by Crippen LogP contribution is 2.27. The summed E-state index contributed by atoms with van der Waals surface area (Å²) in [7, 11) is 1.65. The molecule has 0 amide bonds. The molecule has 1 aromatic heterocycles. The molecule has 0 saturated carbocycles. The molecule has 4 nitrogen and oxygen atoms in total. The van der Waals surface area contributed by atoms with Gasteiger partial charge < -0.3 is 4.74 Å². The molecule has 104 valence electrons. The Bertz CT molecular complexity index is 831. The predicted molar refractivity (Wildman–Crippen MR) is 84.2 cm³/mol. The maximum Gasteiger partial charge on any atom is 0.171 e. The number of methoxy groups -OCH3 is 1. The van der Waals surface area contributed by atoms with Crippen molar-refractivity contribution in [3.05, 3.63) is 58.2 Å². The van der Waals surface area contributed by atoms with Crippen LogP contribution in [0.25, 0.3) is 10.9 Å². The molecule has 3 rings (SSSR count). The first-order valence-electron chi connectivity index (χ1n) is 6.41. The number of nitriles is 1. The van der Waals surface area contributed by atoms with Gasteiger partial charge in [-0.3, -0.25) is 4.68 Å². The van der Waals surface area contributed by atoms with Crippen LogP contribution >= 0.6 is 15.9 Å². The second kappa shape index (κ2) is 5.58. The van der Waals surface area contributed by atoms with Crippen molar-refractivity contribution in [3.63, 3.8) is 0 Å². The molecule has 0 radical (unpaired) electrons. The smallest absolute Gasteiger partial charge is 0.171 e. The number of hydrogen-bond acceptors (Lipinski definition) is 3. The lowest BCUT2D eigenvalue weighted by Crippen LogP contribution is -2.01. The van der Waals surface area contributed by atoms with Crippen molar-refractivity contribution < 1.29 is 4.74 Å². The Morgan fingerprint density at radius 1 is 1.24 bits per heavy atom. The number of aromatic nitrogens is 2.